The van der Waals surface area contributed by atoms with E-state index in [0.717, 1.165) is 11.1 Å². The first-order valence-corrected chi connectivity index (χ1v) is 6.78. The SMILES string of the molecule is Cc1ccc([C@@H](C)N)c(OCc2cc(Cl)ccc2F)c1. The van der Waals surface area contributed by atoms with Crippen molar-refractivity contribution in [2.24, 2.45) is 5.73 Å². The van der Waals surface area contributed by atoms with E-state index in [0.29, 0.717) is 16.3 Å². The van der Waals surface area contributed by atoms with Crippen molar-refractivity contribution in [3.63, 3.8) is 0 Å². The van der Waals surface area contributed by atoms with Crippen LogP contribution in [0.4, 0.5) is 4.39 Å². The highest BCUT2D eigenvalue weighted by molar-refractivity contribution is 6.30. The minimum atomic E-state index is -0.329. The van der Waals surface area contributed by atoms with Crippen LogP contribution in [0.5, 0.6) is 5.75 Å². The van der Waals surface area contributed by atoms with Crippen molar-refractivity contribution >= 4 is 11.6 Å². The van der Waals surface area contributed by atoms with Gasteiger partial charge in [0.2, 0.25) is 0 Å². The van der Waals surface area contributed by atoms with Gasteiger partial charge in [0.15, 0.2) is 0 Å². The van der Waals surface area contributed by atoms with Crippen molar-refractivity contribution in [3.8, 4) is 5.75 Å². The van der Waals surface area contributed by atoms with Crippen LogP contribution in [0, 0.1) is 12.7 Å². The van der Waals surface area contributed by atoms with Crippen molar-refractivity contribution in [2.75, 3.05) is 0 Å². The van der Waals surface area contributed by atoms with Crippen LogP contribution in [0.3, 0.4) is 0 Å². The summed E-state index contributed by atoms with van der Waals surface area (Å²) in [5.41, 5.74) is 8.30. The third-order valence-electron chi connectivity index (χ3n) is 3.05. The summed E-state index contributed by atoms with van der Waals surface area (Å²) >= 11 is 5.86. The molecule has 2 aromatic rings. The molecule has 0 spiro atoms. The van der Waals surface area contributed by atoms with Gasteiger partial charge in [-0.3, -0.25) is 0 Å². The predicted octanol–water partition coefficient (Wildman–Crippen LogP) is 4.39. The molecule has 0 bridgehead atoms. The Morgan fingerprint density at radius 1 is 1.25 bits per heavy atom. The minimum absolute atomic E-state index is 0.121. The van der Waals surface area contributed by atoms with Crippen LogP contribution >= 0.6 is 11.6 Å². The molecule has 0 radical (unpaired) electrons. The number of nitrogens with two attached hydrogens (primary N) is 1. The first-order chi connectivity index (χ1) is 9.47. The van der Waals surface area contributed by atoms with Crippen LogP contribution in [0.15, 0.2) is 36.4 Å². The molecule has 4 heteroatoms. The first kappa shape index (κ1) is 14.8. The van der Waals surface area contributed by atoms with Gasteiger partial charge in [0.05, 0.1) is 0 Å². The summed E-state index contributed by atoms with van der Waals surface area (Å²) < 4.78 is 19.4. The largest absolute Gasteiger partial charge is 0.488 e. The zero-order valence-corrected chi connectivity index (χ0v) is 12.2. The molecule has 0 heterocycles. The predicted molar refractivity (Wildman–Crippen MR) is 79.5 cm³/mol. The average Bonchev–Trinajstić information content (AvgIpc) is 2.39. The summed E-state index contributed by atoms with van der Waals surface area (Å²) in [5.74, 6) is 0.351. The Balaban J connectivity index is 2.22. The Morgan fingerprint density at radius 2 is 2.00 bits per heavy atom. The maximum Gasteiger partial charge on any atom is 0.129 e. The van der Waals surface area contributed by atoms with E-state index in [4.69, 9.17) is 22.1 Å². The van der Waals surface area contributed by atoms with Gasteiger partial charge in [-0.05, 0) is 43.7 Å². The Bertz CT molecular complexity index is 613. The van der Waals surface area contributed by atoms with Gasteiger partial charge in [0.1, 0.15) is 18.2 Å². The molecule has 0 aliphatic heterocycles. The normalized spacial score (nSPS) is 12.2. The lowest BCUT2D eigenvalue weighted by molar-refractivity contribution is 0.295. The molecule has 0 saturated carbocycles. The van der Waals surface area contributed by atoms with Crippen LogP contribution in [0.25, 0.3) is 0 Å². The van der Waals surface area contributed by atoms with Crippen LogP contribution in [-0.2, 0) is 6.61 Å². The summed E-state index contributed by atoms with van der Waals surface area (Å²) in [6.45, 7) is 3.98. The number of benzene rings is 2. The van der Waals surface area contributed by atoms with E-state index in [1.165, 1.54) is 12.1 Å². The monoisotopic (exact) mass is 293 g/mol. The van der Waals surface area contributed by atoms with Crippen LogP contribution < -0.4 is 10.5 Å². The number of rotatable bonds is 4. The highest BCUT2D eigenvalue weighted by atomic mass is 35.5. The quantitative estimate of drug-likeness (QED) is 0.907. The standard InChI is InChI=1S/C16H17ClFNO/c1-10-3-5-14(11(2)19)16(7-10)20-9-12-8-13(17)4-6-15(12)18/h3-8,11H,9,19H2,1-2H3/t11-/m1/s1. The molecule has 2 N–H and O–H groups in total. The fourth-order valence-electron chi connectivity index (χ4n) is 1.95. The number of ether oxygens (including phenoxy) is 1. The van der Waals surface area contributed by atoms with Gasteiger partial charge in [0.25, 0.3) is 0 Å². The molecule has 2 nitrogen and oxygen atoms in total. The molecular weight excluding hydrogens is 277 g/mol. The van der Waals surface area contributed by atoms with Crippen molar-refractivity contribution in [2.45, 2.75) is 26.5 Å². The molecule has 2 aromatic carbocycles. The maximum absolute atomic E-state index is 13.6. The molecule has 0 fully saturated rings. The lowest BCUT2D eigenvalue weighted by Crippen LogP contribution is -2.08. The van der Waals surface area contributed by atoms with Gasteiger partial charge in [-0.1, -0.05) is 23.7 Å². The van der Waals surface area contributed by atoms with Gasteiger partial charge in [0, 0.05) is 22.2 Å². The van der Waals surface area contributed by atoms with E-state index in [1.807, 2.05) is 32.0 Å². The molecule has 0 amide bonds. The molecule has 2 rings (SSSR count). The Hall–Kier alpha value is -1.58. The van der Waals surface area contributed by atoms with Gasteiger partial charge in [-0.2, -0.15) is 0 Å². The summed E-state index contributed by atoms with van der Waals surface area (Å²) in [6.07, 6.45) is 0. The molecule has 20 heavy (non-hydrogen) atoms. The van der Waals surface area contributed by atoms with E-state index < -0.39 is 0 Å². The molecular formula is C16H17ClFNO. The van der Waals surface area contributed by atoms with E-state index in [9.17, 15) is 4.39 Å². The smallest absolute Gasteiger partial charge is 0.129 e. The highest BCUT2D eigenvalue weighted by Gasteiger charge is 2.10. The molecule has 0 saturated heterocycles. The Labute approximate surface area is 123 Å². The first-order valence-electron chi connectivity index (χ1n) is 6.40. The molecule has 0 unspecified atom stereocenters. The lowest BCUT2D eigenvalue weighted by Gasteiger charge is -2.15. The lowest BCUT2D eigenvalue weighted by atomic mass is 10.1. The van der Waals surface area contributed by atoms with Crippen molar-refractivity contribution < 1.29 is 9.13 Å². The third kappa shape index (κ3) is 3.50. The van der Waals surface area contributed by atoms with Gasteiger partial charge in [-0.15, -0.1) is 0 Å². The van der Waals surface area contributed by atoms with Gasteiger partial charge in [-0.25, -0.2) is 4.39 Å². The van der Waals surface area contributed by atoms with Crippen LogP contribution in [0.2, 0.25) is 5.02 Å². The van der Waals surface area contributed by atoms with Crippen LogP contribution in [0.1, 0.15) is 29.7 Å². The summed E-state index contributed by atoms with van der Waals surface area (Å²) in [5, 5.41) is 0.488. The second kappa shape index (κ2) is 6.25. The fraction of sp³-hybridized carbons (Fsp3) is 0.250. The van der Waals surface area contributed by atoms with E-state index in [1.54, 1.807) is 6.07 Å². The number of halogens is 2. The number of hydrogen-bond acceptors (Lipinski definition) is 2. The van der Waals surface area contributed by atoms with Gasteiger partial charge < -0.3 is 10.5 Å². The summed E-state index contributed by atoms with van der Waals surface area (Å²) in [4.78, 5) is 0. The molecule has 0 aliphatic carbocycles. The topological polar surface area (TPSA) is 35.2 Å². The van der Waals surface area contributed by atoms with Gasteiger partial charge >= 0.3 is 0 Å². The molecule has 106 valence electrons. The van der Waals surface area contributed by atoms with Crippen molar-refractivity contribution in [1.29, 1.82) is 0 Å². The second-order valence-electron chi connectivity index (χ2n) is 4.85. The average molecular weight is 294 g/mol. The minimum Gasteiger partial charge on any atom is -0.488 e. The van der Waals surface area contributed by atoms with Crippen molar-refractivity contribution in [3.05, 3.63) is 63.9 Å². The highest BCUT2D eigenvalue weighted by Crippen LogP contribution is 2.26. The second-order valence-corrected chi connectivity index (χ2v) is 5.29. The third-order valence-corrected chi connectivity index (χ3v) is 3.29. The summed E-state index contributed by atoms with van der Waals surface area (Å²) in [6, 6.07) is 10.1. The van der Waals surface area contributed by atoms with E-state index in [2.05, 4.69) is 0 Å². The van der Waals surface area contributed by atoms with Crippen LogP contribution in [-0.4, -0.2) is 0 Å². The molecule has 1 atom stereocenters. The fourth-order valence-corrected chi connectivity index (χ4v) is 2.15. The number of hydrogen-bond donors (Lipinski definition) is 1. The zero-order valence-electron chi connectivity index (χ0n) is 11.5. The Morgan fingerprint density at radius 3 is 2.70 bits per heavy atom. The van der Waals surface area contributed by atoms with Crippen molar-refractivity contribution in [1.82, 2.24) is 0 Å². The molecule has 0 aliphatic rings. The van der Waals surface area contributed by atoms with E-state index >= 15 is 0 Å². The maximum atomic E-state index is 13.6. The zero-order chi connectivity index (χ0) is 14.7. The summed E-state index contributed by atoms with van der Waals surface area (Å²) in [7, 11) is 0. The number of aryl methyl sites for hydroxylation is 1. The van der Waals surface area contributed by atoms with E-state index in [-0.39, 0.29) is 18.5 Å². The molecule has 0 aromatic heterocycles. The Kier molecular flexibility index (Phi) is 4.63.